The second kappa shape index (κ2) is 9.20. The highest BCUT2D eigenvalue weighted by Crippen LogP contribution is 2.32. The van der Waals surface area contributed by atoms with Crippen LogP contribution < -0.4 is 9.46 Å². The molecule has 0 spiro atoms. The molecular formula is C19H23N3O7S2. The first-order valence-electron chi connectivity index (χ1n) is 9.69. The van der Waals surface area contributed by atoms with Gasteiger partial charge in [0.2, 0.25) is 10.0 Å². The maximum absolute atomic E-state index is 13.2. The molecule has 1 aliphatic heterocycles. The lowest BCUT2D eigenvalue weighted by molar-refractivity contribution is -0.384. The van der Waals surface area contributed by atoms with Crippen molar-refractivity contribution in [3.05, 3.63) is 52.6 Å². The molecule has 2 aromatic rings. The van der Waals surface area contributed by atoms with E-state index in [1.807, 2.05) is 0 Å². The molecule has 0 saturated carbocycles. The number of nitro groups is 1. The van der Waals surface area contributed by atoms with Gasteiger partial charge in [0.15, 0.2) is 0 Å². The number of nitro benzene ring substituents is 1. The molecular weight excluding hydrogens is 446 g/mol. The second-order valence-corrected chi connectivity index (χ2v) is 10.5. The molecule has 1 aliphatic rings. The molecule has 2 aromatic carbocycles. The fourth-order valence-electron chi connectivity index (χ4n) is 3.25. The summed E-state index contributed by atoms with van der Waals surface area (Å²) in [5.41, 5.74) is -0.202. The van der Waals surface area contributed by atoms with E-state index >= 15 is 0 Å². The van der Waals surface area contributed by atoms with Gasteiger partial charge in [-0.25, -0.2) is 16.8 Å². The van der Waals surface area contributed by atoms with Gasteiger partial charge in [0.25, 0.3) is 15.7 Å². The molecule has 0 radical (unpaired) electrons. The predicted molar refractivity (Wildman–Crippen MR) is 114 cm³/mol. The first-order chi connectivity index (χ1) is 14.6. The molecule has 1 fully saturated rings. The minimum atomic E-state index is -4.09. The molecule has 0 amide bonds. The topological polar surface area (TPSA) is 136 Å². The third-order valence-corrected chi connectivity index (χ3v) is 8.10. The number of hydrogen-bond acceptors (Lipinski definition) is 7. The van der Waals surface area contributed by atoms with E-state index in [1.165, 1.54) is 22.5 Å². The maximum atomic E-state index is 13.2. The summed E-state index contributed by atoms with van der Waals surface area (Å²) in [5, 5.41) is 10.8. The maximum Gasteiger partial charge on any atom is 0.269 e. The van der Waals surface area contributed by atoms with Gasteiger partial charge in [-0.1, -0.05) is 6.42 Å². The Morgan fingerprint density at radius 2 is 1.68 bits per heavy atom. The summed E-state index contributed by atoms with van der Waals surface area (Å²) in [6.07, 6.45) is 2.48. The lowest BCUT2D eigenvalue weighted by Gasteiger charge is -2.27. The van der Waals surface area contributed by atoms with Crippen molar-refractivity contribution in [3.63, 3.8) is 0 Å². The van der Waals surface area contributed by atoms with E-state index in [4.69, 9.17) is 4.74 Å². The number of hydrogen-bond donors (Lipinski definition) is 1. The number of nitrogens with zero attached hydrogens (tertiary/aromatic N) is 2. The SMILES string of the molecule is CCOc1ccc(NS(=O)(=O)c2ccc([N+](=O)[O-])cc2)cc1S(=O)(=O)N1CCCCC1. The Hall–Kier alpha value is -2.70. The highest BCUT2D eigenvalue weighted by atomic mass is 32.2. The molecule has 0 bridgehead atoms. The van der Waals surface area contributed by atoms with Crippen LogP contribution in [0.4, 0.5) is 11.4 Å². The van der Waals surface area contributed by atoms with Crippen molar-refractivity contribution < 1.29 is 26.5 Å². The smallest absolute Gasteiger partial charge is 0.269 e. The Morgan fingerprint density at radius 3 is 2.26 bits per heavy atom. The summed E-state index contributed by atoms with van der Waals surface area (Å²) >= 11 is 0. The number of ether oxygens (including phenoxy) is 1. The van der Waals surface area contributed by atoms with Crippen LogP contribution in [0.25, 0.3) is 0 Å². The van der Waals surface area contributed by atoms with Gasteiger partial charge in [-0.15, -0.1) is 0 Å². The lowest BCUT2D eigenvalue weighted by Crippen LogP contribution is -2.35. The minimum absolute atomic E-state index is 0.0393. The van der Waals surface area contributed by atoms with Gasteiger partial charge in [-0.05, 0) is 50.1 Å². The van der Waals surface area contributed by atoms with Crippen LogP contribution in [0.5, 0.6) is 5.75 Å². The fraction of sp³-hybridized carbons (Fsp3) is 0.368. The Kier molecular flexibility index (Phi) is 6.82. The summed E-state index contributed by atoms with van der Waals surface area (Å²) in [7, 11) is -7.96. The third-order valence-electron chi connectivity index (χ3n) is 4.79. The number of benzene rings is 2. The number of rotatable bonds is 8. The molecule has 1 N–H and O–H groups in total. The molecule has 0 atom stereocenters. The van der Waals surface area contributed by atoms with Crippen molar-refractivity contribution in [2.45, 2.75) is 36.0 Å². The van der Waals surface area contributed by atoms with Gasteiger partial charge in [-0.3, -0.25) is 14.8 Å². The molecule has 1 heterocycles. The van der Waals surface area contributed by atoms with Crippen molar-refractivity contribution >= 4 is 31.4 Å². The molecule has 0 unspecified atom stereocenters. The summed E-state index contributed by atoms with van der Waals surface area (Å²) in [6, 6.07) is 8.44. The van der Waals surface area contributed by atoms with Crippen LogP contribution in [0.1, 0.15) is 26.2 Å². The van der Waals surface area contributed by atoms with Crippen molar-refractivity contribution in [1.29, 1.82) is 0 Å². The number of anilines is 1. The number of non-ortho nitro benzene ring substituents is 1. The van der Waals surface area contributed by atoms with Gasteiger partial charge in [0.1, 0.15) is 10.6 Å². The molecule has 3 rings (SSSR count). The van der Waals surface area contributed by atoms with E-state index in [-0.39, 0.29) is 33.5 Å². The first-order valence-corrected chi connectivity index (χ1v) is 12.6. The number of sulfonamides is 2. The zero-order valence-electron chi connectivity index (χ0n) is 16.9. The summed E-state index contributed by atoms with van der Waals surface area (Å²) in [5.74, 6) is 0.145. The van der Waals surface area contributed by atoms with E-state index in [2.05, 4.69) is 4.72 Å². The summed E-state index contributed by atoms with van der Waals surface area (Å²) in [4.78, 5) is 9.84. The Labute approximate surface area is 181 Å². The van der Waals surface area contributed by atoms with Crippen molar-refractivity contribution in [1.82, 2.24) is 4.31 Å². The van der Waals surface area contributed by atoms with Crippen LogP contribution in [0.3, 0.4) is 0 Å². The molecule has 168 valence electrons. The molecule has 10 nitrogen and oxygen atoms in total. The van der Waals surface area contributed by atoms with Crippen LogP contribution in [0.15, 0.2) is 52.3 Å². The quantitative estimate of drug-likeness (QED) is 0.464. The highest BCUT2D eigenvalue weighted by molar-refractivity contribution is 7.92. The number of nitrogens with one attached hydrogen (secondary N) is 1. The Bertz CT molecular complexity index is 1160. The zero-order valence-corrected chi connectivity index (χ0v) is 18.5. The van der Waals surface area contributed by atoms with Gasteiger partial charge in [0, 0.05) is 25.2 Å². The van der Waals surface area contributed by atoms with Crippen LogP contribution in [0.2, 0.25) is 0 Å². The minimum Gasteiger partial charge on any atom is -0.492 e. The van der Waals surface area contributed by atoms with Crippen molar-refractivity contribution in [2.75, 3.05) is 24.4 Å². The monoisotopic (exact) mass is 469 g/mol. The third kappa shape index (κ3) is 5.14. The Balaban J connectivity index is 1.95. The summed E-state index contributed by atoms with van der Waals surface area (Å²) in [6.45, 7) is 2.76. The predicted octanol–water partition coefficient (Wildman–Crippen LogP) is 2.97. The van der Waals surface area contributed by atoms with Crippen LogP contribution in [-0.2, 0) is 20.0 Å². The molecule has 12 heteroatoms. The van der Waals surface area contributed by atoms with E-state index < -0.39 is 25.0 Å². The fourth-order valence-corrected chi connectivity index (χ4v) is 5.98. The van der Waals surface area contributed by atoms with E-state index in [1.54, 1.807) is 6.92 Å². The Morgan fingerprint density at radius 1 is 1.03 bits per heavy atom. The van der Waals surface area contributed by atoms with Gasteiger partial charge >= 0.3 is 0 Å². The van der Waals surface area contributed by atoms with E-state index in [0.717, 1.165) is 43.5 Å². The normalized spacial score (nSPS) is 15.4. The van der Waals surface area contributed by atoms with Crippen LogP contribution in [0, 0.1) is 10.1 Å². The standard InChI is InChI=1S/C19H23N3O7S2/c1-2-29-18-11-6-15(14-19(18)31(27,28)21-12-4-3-5-13-21)20-30(25,26)17-9-7-16(8-10-17)22(23)24/h6-11,14,20H,2-5,12-13H2,1H3. The molecule has 0 aromatic heterocycles. The van der Waals surface area contributed by atoms with Crippen LogP contribution >= 0.6 is 0 Å². The molecule has 31 heavy (non-hydrogen) atoms. The lowest BCUT2D eigenvalue weighted by atomic mass is 10.2. The second-order valence-electron chi connectivity index (χ2n) is 6.92. The average Bonchev–Trinajstić information content (AvgIpc) is 2.75. The van der Waals surface area contributed by atoms with Gasteiger partial charge < -0.3 is 4.74 Å². The van der Waals surface area contributed by atoms with Crippen molar-refractivity contribution in [3.8, 4) is 5.75 Å². The molecule has 1 saturated heterocycles. The van der Waals surface area contributed by atoms with E-state index in [9.17, 15) is 26.9 Å². The van der Waals surface area contributed by atoms with Gasteiger partial charge in [-0.2, -0.15) is 4.31 Å². The largest absolute Gasteiger partial charge is 0.492 e. The summed E-state index contributed by atoms with van der Waals surface area (Å²) < 4.78 is 60.9. The first kappa shape index (κ1) is 23.0. The average molecular weight is 470 g/mol. The van der Waals surface area contributed by atoms with Gasteiger partial charge in [0.05, 0.1) is 22.1 Å². The van der Waals surface area contributed by atoms with Crippen molar-refractivity contribution in [2.24, 2.45) is 0 Å². The zero-order chi connectivity index (χ0) is 22.6. The molecule has 0 aliphatic carbocycles. The van der Waals surface area contributed by atoms with Crippen LogP contribution in [-0.4, -0.2) is 45.8 Å². The van der Waals surface area contributed by atoms with E-state index in [0.29, 0.717) is 13.1 Å². The number of piperidine rings is 1. The highest BCUT2D eigenvalue weighted by Gasteiger charge is 2.30.